The van der Waals surface area contributed by atoms with Crippen molar-refractivity contribution < 1.29 is 28.6 Å². The summed E-state index contributed by atoms with van der Waals surface area (Å²) >= 11 is 0. The Morgan fingerprint density at radius 2 is 1.50 bits per heavy atom. The fourth-order valence-electron chi connectivity index (χ4n) is 3.63. The quantitative estimate of drug-likeness (QED) is 0.369. The summed E-state index contributed by atoms with van der Waals surface area (Å²) in [7, 11) is 1.63. The van der Waals surface area contributed by atoms with Gasteiger partial charge >= 0.3 is 5.97 Å². The van der Waals surface area contributed by atoms with Crippen LogP contribution < -0.4 is 14.4 Å². The van der Waals surface area contributed by atoms with Gasteiger partial charge in [0.1, 0.15) is 11.5 Å². The van der Waals surface area contributed by atoms with Gasteiger partial charge in [0, 0.05) is 43.9 Å². The predicted molar refractivity (Wildman–Crippen MR) is 129 cm³/mol. The van der Waals surface area contributed by atoms with Gasteiger partial charge in [-0.25, -0.2) is 0 Å². The normalized spacial score (nSPS) is 13.4. The SMILES string of the molecule is CCCOc1ccc(C(=O)CCC(=O)OCC(=O)N2CCN(c3ccc(OC)cc3)CC2)cc1. The lowest BCUT2D eigenvalue weighted by molar-refractivity contribution is -0.152. The first-order valence-electron chi connectivity index (χ1n) is 11.6. The fourth-order valence-corrected chi connectivity index (χ4v) is 3.63. The number of ketones is 1. The minimum absolute atomic E-state index is 0.0305. The van der Waals surface area contributed by atoms with E-state index in [1.165, 1.54) is 0 Å². The van der Waals surface area contributed by atoms with Gasteiger partial charge in [0.25, 0.3) is 5.91 Å². The van der Waals surface area contributed by atoms with E-state index in [1.807, 2.05) is 31.2 Å². The highest BCUT2D eigenvalue weighted by molar-refractivity contribution is 5.97. The third-order valence-corrected chi connectivity index (χ3v) is 5.63. The molecule has 0 saturated carbocycles. The first-order valence-corrected chi connectivity index (χ1v) is 11.6. The molecule has 182 valence electrons. The summed E-state index contributed by atoms with van der Waals surface area (Å²) in [5.41, 5.74) is 1.59. The van der Waals surface area contributed by atoms with Crippen LogP contribution in [0.2, 0.25) is 0 Å². The Bertz CT molecular complexity index is 950. The van der Waals surface area contributed by atoms with Crippen molar-refractivity contribution in [3.05, 3.63) is 54.1 Å². The van der Waals surface area contributed by atoms with Crippen LogP contribution in [0.3, 0.4) is 0 Å². The Labute approximate surface area is 200 Å². The summed E-state index contributed by atoms with van der Waals surface area (Å²) in [5.74, 6) is 0.579. The van der Waals surface area contributed by atoms with E-state index < -0.39 is 5.97 Å². The molecule has 8 nitrogen and oxygen atoms in total. The lowest BCUT2D eigenvalue weighted by Crippen LogP contribution is -2.49. The van der Waals surface area contributed by atoms with E-state index in [0.29, 0.717) is 44.1 Å². The highest BCUT2D eigenvalue weighted by atomic mass is 16.5. The molecule has 1 fully saturated rings. The number of piperazine rings is 1. The molecule has 8 heteroatoms. The molecule has 0 aromatic heterocycles. The third kappa shape index (κ3) is 7.23. The van der Waals surface area contributed by atoms with Gasteiger partial charge in [-0.15, -0.1) is 0 Å². The van der Waals surface area contributed by atoms with Crippen LogP contribution in [0.5, 0.6) is 11.5 Å². The number of benzene rings is 2. The standard InChI is InChI=1S/C26H32N2O6/c1-3-18-33-23-8-4-20(5-9-23)24(29)12-13-26(31)34-19-25(30)28-16-14-27(15-17-28)21-6-10-22(32-2)11-7-21/h4-11H,3,12-19H2,1-2H3. The molecule has 34 heavy (non-hydrogen) atoms. The van der Waals surface area contributed by atoms with E-state index in [4.69, 9.17) is 14.2 Å². The Balaban J connectivity index is 1.35. The van der Waals surface area contributed by atoms with Crippen LogP contribution in [0.15, 0.2) is 48.5 Å². The van der Waals surface area contributed by atoms with E-state index in [9.17, 15) is 14.4 Å². The summed E-state index contributed by atoms with van der Waals surface area (Å²) in [6.45, 7) is 4.84. The van der Waals surface area contributed by atoms with E-state index >= 15 is 0 Å². The summed E-state index contributed by atoms with van der Waals surface area (Å²) in [6.07, 6.45) is 0.874. The van der Waals surface area contributed by atoms with Gasteiger partial charge in [0.05, 0.1) is 20.1 Å². The van der Waals surface area contributed by atoms with E-state index in [0.717, 1.165) is 17.9 Å². The van der Waals surface area contributed by atoms with Gasteiger partial charge in [-0.1, -0.05) is 6.92 Å². The Morgan fingerprint density at radius 1 is 0.853 bits per heavy atom. The van der Waals surface area contributed by atoms with Gasteiger partial charge in [0.15, 0.2) is 12.4 Å². The topological polar surface area (TPSA) is 85.4 Å². The van der Waals surface area contributed by atoms with Crippen molar-refractivity contribution in [2.45, 2.75) is 26.2 Å². The van der Waals surface area contributed by atoms with Crippen molar-refractivity contribution in [3.8, 4) is 11.5 Å². The number of nitrogens with zero attached hydrogens (tertiary/aromatic N) is 2. The smallest absolute Gasteiger partial charge is 0.306 e. The lowest BCUT2D eigenvalue weighted by atomic mass is 10.1. The molecule has 2 aromatic carbocycles. The lowest BCUT2D eigenvalue weighted by Gasteiger charge is -2.36. The average Bonchev–Trinajstić information content (AvgIpc) is 2.89. The first kappa shape index (κ1) is 25.1. The van der Waals surface area contributed by atoms with Crippen molar-refractivity contribution in [1.82, 2.24) is 4.90 Å². The van der Waals surface area contributed by atoms with Crippen LogP contribution in [0.1, 0.15) is 36.5 Å². The van der Waals surface area contributed by atoms with Gasteiger partial charge < -0.3 is 24.0 Å². The maximum atomic E-state index is 12.4. The number of anilines is 1. The average molecular weight is 469 g/mol. The summed E-state index contributed by atoms with van der Waals surface area (Å²) in [4.78, 5) is 40.7. The number of hydrogen-bond acceptors (Lipinski definition) is 7. The summed E-state index contributed by atoms with van der Waals surface area (Å²) in [5, 5.41) is 0. The number of rotatable bonds is 11. The van der Waals surface area contributed by atoms with E-state index in [1.54, 1.807) is 36.3 Å². The van der Waals surface area contributed by atoms with Crippen LogP contribution in [0.25, 0.3) is 0 Å². The third-order valence-electron chi connectivity index (χ3n) is 5.63. The maximum Gasteiger partial charge on any atom is 0.306 e. The zero-order valence-corrected chi connectivity index (χ0v) is 19.8. The van der Waals surface area contributed by atoms with Crippen molar-refractivity contribution >= 4 is 23.3 Å². The molecule has 3 rings (SSSR count). The fraction of sp³-hybridized carbons (Fsp3) is 0.423. The van der Waals surface area contributed by atoms with Gasteiger partial charge in [-0.3, -0.25) is 14.4 Å². The van der Waals surface area contributed by atoms with Gasteiger partial charge in [0.2, 0.25) is 0 Å². The number of ether oxygens (including phenoxy) is 3. The Kier molecular flexibility index (Phi) is 9.31. The molecule has 0 unspecified atom stereocenters. The minimum atomic E-state index is -0.554. The second-order valence-electron chi connectivity index (χ2n) is 8.02. The molecule has 0 spiro atoms. The van der Waals surface area contributed by atoms with Crippen LogP contribution in [0, 0.1) is 0 Å². The monoisotopic (exact) mass is 468 g/mol. The highest BCUT2D eigenvalue weighted by Crippen LogP contribution is 2.20. The minimum Gasteiger partial charge on any atom is -0.497 e. The number of carbonyl (C=O) groups is 3. The van der Waals surface area contributed by atoms with Crippen molar-refractivity contribution in [1.29, 1.82) is 0 Å². The van der Waals surface area contributed by atoms with Gasteiger partial charge in [-0.05, 0) is 55.0 Å². The Hall–Kier alpha value is -3.55. The van der Waals surface area contributed by atoms with Crippen LogP contribution in [-0.4, -0.2) is 69.1 Å². The second kappa shape index (κ2) is 12.6. The molecule has 1 aliphatic heterocycles. The molecule has 0 bridgehead atoms. The molecular formula is C26H32N2O6. The molecular weight excluding hydrogens is 436 g/mol. The summed E-state index contributed by atoms with van der Waals surface area (Å²) in [6, 6.07) is 14.7. The molecule has 0 atom stereocenters. The Morgan fingerprint density at radius 3 is 2.12 bits per heavy atom. The van der Waals surface area contributed by atoms with Crippen molar-refractivity contribution in [3.63, 3.8) is 0 Å². The molecule has 2 aromatic rings. The number of Topliss-reactive ketones (excluding diaryl/α,β-unsaturated/α-hetero) is 1. The molecule has 1 aliphatic rings. The highest BCUT2D eigenvalue weighted by Gasteiger charge is 2.22. The van der Waals surface area contributed by atoms with E-state index in [-0.39, 0.29) is 31.1 Å². The zero-order chi connectivity index (χ0) is 24.3. The first-order chi connectivity index (χ1) is 16.5. The van der Waals surface area contributed by atoms with Gasteiger partial charge in [-0.2, -0.15) is 0 Å². The number of hydrogen-bond donors (Lipinski definition) is 0. The largest absolute Gasteiger partial charge is 0.497 e. The molecule has 0 aliphatic carbocycles. The second-order valence-corrected chi connectivity index (χ2v) is 8.02. The predicted octanol–water partition coefficient (Wildman–Crippen LogP) is 3.34. The molecule has 0 N–H and O–H groups in total. The molecule has 1 saturated heterocycles. The number of carbonyl (C=O) groups excluding carboxylic acids is 3. The summed E-state index contributed by atoms with van der Waals surface area (Å²) < 4.78 is 15.8. The van der Waals surface area contributed by atoms with Crippen molar-refractivity contribution in [2.24, 2.45) is 0 Å². The maximum absolute atomic E-state index is 12.4. The molecule has 0 radical (unpaired) electrons. The number of esters is 1. The number of methoxy groups -OCH3 is 1. The van der Waals surface area contributed by atoms with Crippen LogP contribution in [0.4, 0.5) is 5.69 Å². The van der Waals surface area contributed by atoms with Crippen molar-refractivity contribution in [2.75, 3.05) is 51.4 Å². The van der Waals surface area contributed by atoms with E-state index in [2.05, 4.69) is 4.90 Å². The molecule has 1 amide bonds. The number of amides is 1. The van der Waals surface area contributed by atoms with Crippen LogP contribution in [-0.2, 0) is 14.3 Å². The zero-order valence-electron chi connectivity index (χ0n) is 19.8. The van der Waals surface area contributed by atoms with Crippen LogP contribution >= 0.6 is 0 Å². The molecule has 1 heterocycles.